The van der Waals surface area contributed by atoms with Crippen LogP contribution in [0.4, 0.5) is 0 Å². The lowest BCUT2D eigenvalue weighted by Crippen LogP contribution is -2.31. The fourth-order valence-corrected chi connectivity index (χ4v) is 3.73. The van der Waals surface area contributed by atoms with Crippen LogP contribution in [0.25, 0.3) is 0 Å². The summed E-state index contributed by atoms with van der Waals surface area (Å²) in [5, 5.41) is 3.10. The number of aryl methyl sites for hydroxylation is 1. The Kier molecular flexibility index (Phi) is 4.10. The normalized spacial score (nSPS) is 22.0. The number of nitrogens with zero attached hydrogens (tertiary/aromatic N) is 2. The molecule has 1 aliphatic rings. The first kappa shape index (κ1) is 14.3. The number of rotatable bonds is 6. The van der Waals surface area contributed by atoms with Crippen molar-refractivity contribution in [2.75, 3.05) is 6.54 Å². The first-order valence-electron chi connectivity index (χ1n) is 7.43. The lowest BCUT2D eigenvalue weighted by Gasteiger charge is -2.13. The van der Waals surface area contributed by atoms with Crippen LogP contribution in [0.2, 0.25) is 0 Å². The van der Waals surface area contributed by atoms with Gasteiger partial charge in [0.2, 0.25) is 5.91 Å². The van der Waals surface area contributed by atoms with Crippen molar-refractivity contribution in [3.63, 3.8) is 0 Å². The van der Waals surface area contributed by atoms with Crippen molar-refractivity contribution in [2.45, 2.75) is 32.7 Å². The van der Waals surface area contributed by atoms with Crippen LogP contribution in [-0.4, -0.2) is 22.0 Å². The zero-order valence-electron chi connectivity index (χ0n) is 12.5. The van der Waals surface area contributed by atoms with Gasteiger partial charge < -0.3 is 9.88 Å². The van der Waals surface area contributed by atoms with Gasteiger partial charge in [-0.3, -0.25) is 4.79 Å². The average Bonchev–Trinajstić information content (AvgIpc) is 2.87. The zero-order valence-corrected chi connectivity index (χ0v) is 13.3. The third kappa shape index (κ3) is 3.53. The SMILES string of the molecule is Cc1ccc(C2CC2C(=O)NCC(C)Cn2ccnc2)s1. The maximum Gasteiger partial charge on any atom is 0.223 e. The molecule has 0 bridgehead atoms. The van der Waals surface area contributed by atoms with Crippen LogP contribution in [0.3, 0.4) is 0 Å². The van der Waals surface area contributed by atoms with Gasteiger partial charge in [0.1, 0.15) is 0 Å². The molecule has 0 saturated heterocycles. The van der Waals surface area contributed by atoms with Gasteiger partial charge in [-0.1, -0.05) is 6.92 Å². The lowest BCUT2D eigenvalue weighted by atomic mass is 10.1. The molecule has 0 radical (unpaired) electrons. The van der Waals surface area contributed by atoms with Gasteiger partial charge in [-0.15, -0.1) is 11.3 Å². The molecule has 1 saturated carbocycles. The van der Waals surface area contributed by atoms with Crippen molar-refractivity contribution in [1.82, 2.24) is 14.9 Å². The number of nitrogens with one attached hydrogen (secondary N) is 1. The maximum atomic E-state index is 12.2. The van der Waals surface area contributed by atoms with Gasteiger partial charge in [-0.2, -0.15) is 0 Å². The quantitative estimate of drug-likeness (QED) is 0.892. The lowest BCUT2D eigenvalue weighted by molar-refractivity contribution is -0.122. The van der Waals surface area contributed by atoms with Gasteiger partial charge in [0.15, 0.2) is 0 Å². The summed E-state index contributed by atoms with van der Waals surface area (Å²) in [4.78, 5) is 18.9. The molecule has 5 heteroatoms. The highest BCUT2D eigenvalue weighted by molar-refractivity contribution is 7.12. The maximum absolute atomic E-state index is 12.2. The second-order valence-corrected chi connectivity index (χ2v) is 7.33. The van der Waals surface area contributed by atoms with E-state index in [4.69, 9.17) is 0 Å². The van der Waals surface area contributed by atoms with Gasteiger partial charge in [0.25, 0.3) is 0 Å². The Morgan fingerprint density at radius 3 is 3.10 bits per heavy atom. The number of carbonyl (C=O) groups excluding carboxylic acids is 1. The number of thiophene rings is 1. The van der Waals surface area contributed by atoms with E-state index in [1.54, 1.807) is 6.20 Å². The smallest absolute Gasteiger partial charge is 0.223 e. The second kappa shape index (κ2) is 6.02. The van der Waals surface area contributed by atoms with E-state index < -0.39 is 0 Å². The number of aromatic nitrogens is 2. The molecule has 3 rings (SSSR count). The molecule has 1 N–H and O–H groups in total. The molecule has 4 nitrogen and oxygen atoms in total. The van der Waals surface area contributed by atoms with Gasteiger partial charge in [0.05, 0.1) is 6.33 Å². The van der Waals surface area contributed by atoms with Crippen molar-refractivity contribution in [1.29, 1.82) is 0 Å². The Hall–Kier alpha value is -1.62. The summed E-state index contributed by atoms with van der Waals surface area (Å²) >= 11 is 1.82. The summed E-state index contributed by atoms with van der Waals surface area (Å²) in [5.41, 5.74) is 0. The van der Waals surface area contributed by atoms with Gasteiger partial charge >= 0.3 is 0 Å². The van der Waals surface area contributed by atoms with Crippen molar-refractivity contribution in [3.8, 4) is 0 Å². The number of imidazole rings is 1. The Bertz CT molecular complexity index is 605. The first-order chi connectivity index (χ1) is 10.1. The minimum absolute atomic E-state index is 0.184. The Labute approximate surface area is 129 Å². The van der Waals surface area contributed by atoms with Crippen LogP contribution in [0.5, 0.6) is 0 Å². The Morgan fingerprint density at radius 2 is 2.43 bits per heavy atom. The summed E-state index contributed by atoms with van der Waals surface area (Å²) in [6, 6.07) is 4.31. The molecular formula is C16H21N3OS. The Morgan fingerprint density at radius 1 is 1.57 bits per heavy atom. The largest absolute Gasteiger partial charge is 0.356 e. The topological polar surface area (TPSA) is 46.9 Å². The standard InChI is InChI=1S/C16H21N3OS/c1-11(9-19-6-5-17-10-19)8-18-16(20)14-7-13(14)15-4-3-12(2)21-15/h3-6,10-11,13-14H,7-9H2,1-2H3,(H,18,20). The van der Waals surface area contributed by atoms with Crippen LogP contribution in [0.1, 0.15) is 29.0 Å². The predicted molar refractivity (Wildman–Crippen MR) is 84.3 cm³/mol. The van der Waals surface area contributed by atoms with Gasteiger partial charge in [-0.25, -0.2) is 4.98 Å². The van der Waals surface area contributed by atoms with Crippen molar-refractivity contribution >= 4 is 17.2 Å². The number of amides is 1. The van der Waals surface area contributed by atoms with Gasteiger partial charge in [-0.05, 0) is 31.4 Å². The monoisotopic (exact) mass is 303 g/mol. The summed E-state index contributed by atoms with van der Waals surface area (Å²) in [7, 11) is 0. The van der Waals surface area contributed by atoms with E-state index in [2.05, 4.69) is 36.3 Å². The highest BCUT2D eigenvalue weighted by Gasteiger charge is 2.44. The molecule has 0 aromatic carbocycles. The Balaban J connectivity index is 1.43. The fourth-order valence-electron chi connectivity index (χ4n) is 2.68. The molecule has 112 valence electrons. The van der Waals surface area contributed by atoms with E-state index in [9.17, 15) is 4.79 Å². The molecule has 3 atom stereocenters. The molecule has 2 aromatic heterocycles. The molecule has 0 aliphatic heterocycles. The number of hydrogen-bond acceptors (Lipinski definition) is 3. The first-order valence-corrected chi connectivity index (χ1v) is 8.25. The number of hydrogen-bond donors (Lipinski definition) is 1. The van der Waals surface area contributed by atoms with E-state index in [1.807, 2.05) is 28.4 Å². The third-order valence-electron chi connectivity index (χ3n) is 3.96. The second-order valence-electron chi connectivity index (χ2n) is 6.01. The van der Waals surface area contributed by atoms with Crippen LogP contribution in [-0.2, 0) is 11.3 Å². The molecule has 2 heterocycles. The highest BCUT2D eigenvalue weighted by atomic mass is 32.1. The molecule has 21 heavy (non-hydrogen) atoms. The highest BCUT2D eigenvalue weighted by Crippen LogP contribution is 2.49. The summed E-state index contributed by atoms with van der Waals surface area (Å²) in [6.07, 6.45) is 6.55. The van der Waals surface area contributed by atoms with Crippen molar-refractivity contribution in [2.24, 2.45) is 11.8 Å². The van der Waals surface area contributed by atoms with E-state index >= 15 is 0 Å². The summed E-state index contributed by atoms with van der Waals surface area (Å²) in [5.74, 6) is 1.25. The minimum atomic E-state index is 0.184. The van der Waals surface area contributed by atoms with Crippen molar-refractivity contribution < 1.29 is 4.79 Å². The van der Waals surface area contributed by atoms with Crippen molar-refractivity contribution in [3.05, 3.63) is 40.6 Å². The van der Waals surface area contributed by atoms with E-state index in [-0.39, 0.29) is 11.8 Å². The molecule has 0 spiro atoms. The molecule has 1 amide bonds. The predicted octanol–water partition coefficient (Wildman–Crippen LogP) is 2.81. The number of carbonyl (C=O) groups is 1. The van der Waals surface area contributed by atoms with Crippen LogP contribution in [0, 0.1) is 18.8 Å². The average molecular weight is 303 g/mol. The van der Waals surface area contributed by atoms with E-state index in [0.29, 0.717) is 11.8 Å². The zero-order chi connectivity index (χ0) is 14.8. The van der Waals surface area contributed by atoms with Crippen LogP contribution < -0.4 is 5.32 Å². The minimum Gasteiger partial charge on any atom is -0.356 e. The third-order valence-corrected chi connectivity index (χ3v) is 5.09. The summed E-state index contributed by atoms with van der Waals surface area (Å²) < 4.78 is 2.05. The fraction of sp³-hybridized carbons (Fsp3) is 0.500. The van der Waals surface area contributed by atoms with Crippen LogP contribution >= 0.6 is 11.3 Å². The molecule has 2 aromatic rings. The van der Waals surface area contributed by atoms with Crippen LogP contribution in [0.15, 0.2) is 30.9 Å². The van der Waals surface area contributed by atoms with E-state index in [0.717, 1.165) is 19.5 Å². The molecule has 1 fully saturated rings. The molecule has 1 aliphatic carbocycles. The van der Waals surface area contributed by atoms with Gasteiger partial charge in [0, 0.05) is 47.1 Å². The molecule has 3 unspecified atom stereocenters. The van der Waals surface area contributed by atoms with E-state index in [1.165, 1.54) is 9.75 Å². The molecular weight excluding hydrogens is 282 g/mol. The summed E-state index contributed by atoms with van der Waals surface area (Å²) in [6.45, 7) is 5.87.